The molecule has 0 spiro atoms. The van der Waals surface area contributed by atoms with Gasteiger partial charge in [0.15, 0.2) is 0 Å². The third-order valence-corrected chi connectivity index (χ3v) is 6.08. The summed E-state index contributed by atoms with van der Waals surface area (Å²) in [6, 6.07) is 7.78. The Hall–Kier alpha value is -1.22. The Balaban J connectivity index is 2.28. The fraction of sp³-hybridized carbons (Fsp3) is 0.154. The van der Waals surface area contributed by atoms with Gasteiger partial charge in [-0.3, -0.25) is 0 Å². The molecule has 8 heteroatoms. The van der Waals surface area contributed by atoms with Gasteiger partial charge in [0.25, 0.3) is 0 Å². The molecule has 0 bridgehead atoms. The summed E-state index contributed by atoms with van der Waals surface area (Å²) in [4.78, 5) is 12.4. The molecule has 2 aromatic rings. The Morgan fingerprint density at radius 2 is 2.05 bits per heavy atom. The van der Waals surface area contributed by atoms with Crippen molar-refractivity contribution in [3.8, 4) is 0 Å². The first-order valence-electron chi connectivity index (χ1n) is 5.84. The molecule has 0 saturated heterocycles. The predicted molar refractivity (Wildman–Crippen MR) is 83.8 cm³/mol. The second-order valence-corrected chi connectivity index (χ2v) is 7.59. The predicted octanol–water partition coefficient (Wildman–Crippen LogP) is 2.78. The van der Waals surface area contributed by atoms with Crippen LogP contribution in [0.25, 0.3) is 0 Å². The summed E-state index contributed by atoms with van der Waals surface area (Å²) in [7, 11) is -2.59. The van der Waals surface area contributed by atoms with E-state index in [9.17, 15) is 13.2 Å². The summed E-state index contributed by atoms with van der Waals surface area (Å²) in [5, 5.41) is 1.86. The first-order valence-corrected chi connectivity index (χ1v) is 9.00. The molecule has 0 unspecified atom stereocenters. The number of methoxy groups -OCH3 is 1. The molecule has 0 amide bonds. The fourth-order valence-corrected chi connectivity index (χ4v) is 4.38. The lowest BCUT2D eigenvalue weighted by atomic mass is 10.2. The molecule has 1 heterocycles. The maximum Gasteiger partial charge on any atom is 0.339 e. The molecule has 0 saturated carbocycles. The van der Waals surface area contributed by atoms with E-state index in [0.29, 0.717) is 0 Å². The van der Waals surface area contributed by atoms with Crippen molar-refractivity contribution in [3.63, 3.8) is 0 Å². The number of hydrogen-bond donors (Lipinski definition) is 1. The third kappa shape index (κ3) is 3.70. The van der Waals surface area contributed by atoms with Crippen LogP contribution in [0, 0.1) is 0 Å². The molecule has 1 aromatic carbocycles. The Labute approximate surface area is 135 Å². The van der Waals surface area contributed by atoms with Crippen molar-refractivity contribution >= 4 is 43.3 Å². The van der Waals surface area contributed by atoms with Gasteiger partial charge >= 0.3 is 5.97 Å². The maximum atomic E-state index is 12.4. The fourth-order valence-electron chi connectivity index (χ4n) is 1.67. The van der Waals surface area contributed by atoms with E-state index in [1.807, 2.05) is 11.4 Å². The first-order chi connectivity index (χ1) is 9.95. The van der Waals surface area contributed by atoms with Crippen LogP contribution in [-0.2, 0) is 21.3 Å². The second-order valence-electron chi connectivity index (χ2n) is 4.00. The van der Waals surface area contributed by atoms with Gasteiger partial charge in [0.1, 0.15) is 0 Å². The zero-order valence-corrected chi connectivity index (χ0v) is 14.2. The number of thiophene rings is 1. The number of esters is 1. The van der Waals surface area contributed by atoms with Crippen LogP contribution in [0.3, 0.4) is 0 Å². The highest BCUT2D eigenvalue weighted by atomic mass is 79.9. The van der Waals surface area contributed by atoms with Crippen molar-refractivity contribution < 1.29 is 17.9 Å². The number of carbonyl (C=O) groups excluding carboxylic acids is 1. The summed E-state index contributed by atoms with van der Waals surface area (Å²) in [5.74, 6) is -0.687. The molecule has 2 rings (SSSR count). The topological polar surface area (TPSA) is 72.5 Å². The Kier molecular flexibility index (Phi) is 5.15. The third-order valence-electron chi connectivity index (χ3n) is 2.70. The molecule has 0 aliphatic heterocycles. The van der Waals surface area contributed by atoms with Crippen molar-refractivity contribution in [2.75, 3.05) is 7.11 Å². The minimum atomic E-state index is -3.80. The van der Waals surface area contributed by atoms with Crippen molar-refractivity contribution in [2.24, 2.45) is 0 Å². The molecule has 0 aliphatic rings. The molecule has 1 aromatic heterocycles. The average Bonchev–Trinajstić information content (AvgIpc) is 2.90. The SMILES string of the molecule is COC(=O)c1ccccc1S(=O)(=O)NCc1sccc1Br. The van der Waals surface area contributed by atoms with Crippen LogP contribution in [0.2, 0.25) is 0 Å². The van der Waals surface area contributed by atoms with Gasteiger partial charge in [-0.05, 0) is 39.5 Å². The smallest absolute Gasteiger partial charge is 0.339 e. The van der Waals surface area contributed by atoms with E-state index in [1.165, 1.54) is 30.6 Å². The largest absolute Gasteiger partial charge is 0.465 e. The number of carbonyl (C=O) groups is 1. The van der Waals surface area contributed by atoms with Gasteiger partial charge in [-0.15, -0.1) is 11.3 Å². The zero-order chi connectivity index (χ0) is 15.5. The van der Waals surface area contributed by atoms with E-state index < -0.39 is 16.0 Å². The number of benzene rings is 1. The van der Waals surface area contributed by atoms with E-state index in [1.54, 1.807) is 12.1 Å². The molecule has 0 fully saturated rings. The molecule has 21 heavy (non-hydrogen) atoms. The summed E-state index contributed by atoms with van der Waals surface area (Å²) >= 11 is 4.78. The van der Waals surface area contributed by atoms with Crippen LogP contribution in [0.1, 0.15) is 15.2 Å². The molecule has 0 atom stereocenters. The molecular weight excluding hydrogens is 378 g/mol. The van der Waals surface area contributed by atoms with E-state index in [4.69, 9.17) is 0 Å². The second kappa shape index (κ2) is 6.69. The van der Waals surface area contributed by atoms with Crippen molar-refractivity contribution in [3.05, 3.63) is 50.6 Å². The van der Waals surface area contributed by atoms with Crippen LogP contribution >= 0.6 is 27.3 Å². The van der Waals surface area contributed by atoms with Crippen molar-refractivity contribution in [2.45, 2.75) is 11.4 Å². The van der Waals surface area contributed by atoms with E-state index in [-0.39, 0.29) is 17.0 Å². The summed E-state index contributed by atoms with van der Waals surface area (Å²) in [5.41, 5.74) is 0.0118. The van der Waals surface area contributed by atoms with E-state index >= 15 is 0 Å². The van der Waals surface area contributed by atoms with Gasteiger partial charge in [-0.2, -0.15) is 0 Å². The minimum absolute atomic E-state index is 0.0118. The van der Waals surface area contributed by atoms with Crippen LogP contribution < -0.4 is 4.72 Å². The lowest BCUT2D eigenvalue weighted by Crippen LogP contribution is -2.25. The van der Waals surface area contributed by atoms with Gasteiger partial charge in [-0.1, -0.05) is 12.1 Å². The van der Waals surface area contributed by atoms with Crippen molar-refractivity contribution in [1.29, 1.82) is 0 Å². The minimum Gasteiger partial charge on any atom is -0.465 e. The quantitative estimate of drug-likeness (QED) is 0.797. The highest BCUT2D eigenvalue weighted by molar-refractivity contribution is 9.10. The maximum absolute atomic E-state index is 12.4. The van der Waals surface area contributed by atoms with E-state index in [0.717, 1.165) is 9.35 Å². The number of halogens is 1. The average molecular weight is 390 g/mol. The van der Waals surface area contributed by atoms with Gasteiger partial charge in [0.05, 0.1) is 17.6 Å². The molecule has 0 radical (unpaired) electrons. The van der Waals surface area contributed by atoms with Gasteiger partial charge in [0, 0.05) is 15.9 Å². The molecule has 1 N–H and O–H groups in total. The van der Waals surface area contributed by atoms with Crippen LogP contribution in [-0.4, -0.2) is 21.5 Å². The van der Waals surface area contributed by atoms with Gasteiger partial charge in [0.2, 0.25) is 10.0 Å². The van der Waals surface area contributed by atoms with Crippen LogP contribution in [0.4, 0.5) is 0 Å². The van der Waals surface area contributed by atoms with Crippen LogP contribution in [0.15, 0.2) is 45.1 Å². The standard InChI is InChI=1S/C13H12BrNO4S2/c1-19-13(16)9-4-2-3-5-12(9)21(17,18)15-8-11-10(14)6-7-20-11/h2-7,15H,8H2,1H3. The first kappa shape index (κ1) is 16.2. The van der Waals surface area contributed by atoms with Crippen molar-refractivity contribution in [1.82, 2.24) is 4.72 Å². The monoisotopic (exact) mass is 389 g/mol. The molecule has 5 nitrogen and oxygen atoms in total. The Morgan fingerprint density at radius 1 is 1.33 bits per heavy atom. The van der Waals surface area contributed by atoms with Crippen LogP contribution in [0.5, 0.6) is 0 Å². The summed E-state index contributed by atoms with van der Waals surface area (Å²) in [6.07, 6.45) is 0. The number of sulfonamides is 1. The normalized spacial score (nSPS) is 11.3. The summed E-state index contributed by atoms with van der Waals surface area (Å²) in [6.45, 7) is 0.149. The molecular formula is C13H12BrNO4S2. The highest BCUT2D eigenvalue weighted by Gasteiger charge is 2.22. The van der Waals surface area contributed by atoms with E-state index in [2.05, 4.69) is 25.4 Å². The number of ether oxygens (including phenoxy) is 1. The Morgan fingerprint density at radius 3 is 2.67 bits per heavy atom. The summed E-state index contributed by atoms with van der Waals surface area (Å²) < 4.78 is 32.6. The highest BCUT2D eigenvalue weighted by Crippen LogP contribution is 2.23. The number of hydrogen-bond acceptors (Lipinski definition) is 5. The Bertz CT molecular complexity index is 755. The molecule has 112 valence electrons. The lowest BCUT2D eigenvalue weighted by Gasteiger charge is -2.09. The van der Waals surface area contributed by atoms with Gasteiger partial charge < -0.3 is 4.74 Å². The molecule has 0 aliphatic carbocycles. The zero-order valence-electron chi connectivity index (χ0n) is 11.0. The number of nitrogens with one attached hydrogen (secondary N) is 1. The number of rotatable bonds is 5. The lowest BCUT2D eigenvalue weighted by molar-refractivity contribution is 0.0596. The van der Waals surface area contributed by atoms with Gasteiger partial charge in [-0.25, -0.2) is 17.9 Å².